The molecule has 170 valence electrons. The Morgan fingerprint density at radius 2 is 2.09 bits per heavy atom. The van der Waals surface area contributed by atoms with Crippen LogP contribution in [0.15, 0.2) is 58.4 Å². The number of aromatic amines is 2. The van der Waals surface area contributed by atoms with Crippen molar-refractivity contribution in [1.29, 1.82) is 0 Å². The summed E-state index contributed by atoms with van der Waals surface area (Å²) in [4.78, 5) is 13.1. The highest BCUT2D eigenvalue weighted by atomic mass is 19.1. The Bertz CT molecular complexity index is 1110. The van der Waals surface area contributed by atoms with Crippen LogP contribution in [0.1, 0.15) is 26.5 Å². The summed E-state index contributed by atoms with van der Waals surface area (Å²) < 4.78 is 20.0. The fourth-order valence-electron chi connectivity index (χ4n) is 2.71. The summed E-state index contributed by atoms with van der Waals surface area (Å²) in [6.45, 7) is 9.45. The maximum Gasteiger partial charge on any atom is 0.181 e. The monoisotopic (exact) mass is 439 g/mol. The molecule has 0 aliphatic carbocycles. The van der Waals surface area contributed by atoms with Crippen LogP contribution in [0.3, 0.4) is 0 Å². The largest absolute Gasteiger partial charge is 0.468 e. The molecule has 0 bridgehead atoms. The van der Waals surface area contributed by atoms with Crippen molar-refractivity contribution in [3.05, 3.63) is 59.9 Å². The van der Waals surface area contributed by atoms with E-state index < -0.39 is 5.82 Å². The molecule has 32 heavy (non-hydrogen) atoms. The van der Waals surface area contributed by atoms with Gasteiger partial charge in [0, 0.05) is 43.3 Å². The number of nitrogens with one attached hydrogen (secondary N) is 3. The van der Waals surface area contributed by atoms with Crippen molar-refractivity contribution in [1.82, 2.24) is 20.1 Å². The second kappa shape index (κ2) is 12.1. The maximum absolute atomic E-state index is 14.5. The van der Waals surface area contributed by atoms with Gasteiger partial charge in [-0.15, -0.1) is 0 Å². The number of aromatic nitrogens is 3. The van der Waals surface area contributed by atoms with Gasteiger partial charge in [0.2, 0.25) is 0 Å². The molecule has 0 fully saturated rings. The molecule has 0 unspecified atom stereocenters. The van der Waals surface area contributed by atoms with Crippen molar-refractivity contribution >= 4 is 35.3 Å². The molecule has 0 saturated heterocycles. The number of hydrogen-bond acceptors (Lipinski definition) is 5. The summed E-state index contributed by atoms with van der Waals surface area (Å²) in [5.41, 5.74) is 1.57. The standard InChI is InChI=1S/C21H24FN7O.C2H6/c1-5-6-14-11-19(28-27-14)26-18(23-2)12-20(29(3)4)25-13-30-17-8-7-16-15(21(17)22)9-10-24-16;1-2/h5-12,24H,2,13H2,1,3-4H3,(H2,26,27,28);1-2H3/b6-5+,18-12+,25-20+;. The van der Waals surface area contributed by atoms with E-state index in [0.29, 0.717) is 28.4 Å². The van der Waals surface area contributed by atoms with Crippen LogP contribution in [-0.4, -0.2) is 53.5 Å². The Labute approximate surface area is 187 Å². The second-order valence-electron chi connectivity index (χ2n) is 6.52. The molecular weight excluding hydrogens is 409 g/mol. The highest BCUT2D eigenvalue weighted by Gasteiger charge is 2.09. The second-order valence-corrected chi connectivity index (χ2v) is 6.52. The summed E-state index contributed by atoms with van der Waals surface area (Å²) in [6.07, 6.45) is 7.19. The first-order chi connectivity index (χ1) is 15.5. The Hall–Kier alpha value is -3.88. The van der Waals surface area contributed by atoms with E-state index in [1.54, 1.807) is 35.4 Å². The Morgan fingerprint density at radius 1 is 1.31 bits per heavy atom. The van der Waals surface area contributed by atoms with Crippen LogP contribution in [0.5, 0.6) is 5.75 Å². The molecule has 2 heterocycles. The maximum atomic E-state index is 14.5. The third-order valence-electron chi connectivity index (χ3n) is 4.17. The number of H-pyrrole nitrogens is 2. The average Bonchev–Trinajstić information content (AvgIpc) is 3.45. The predicted molar refractivity (Wildman–Crippen MR) is 131 cm³/mol. The SMILES string of the molecule is C=N/C(=C\C(=N/COc1ccc2[nH]ccc2c1F)N(C)C)Nc1cc(/C=C/C)[nH]n1.CC. The van der Waals surface area contributed by atoms with Gasteiger partial charge in [-0.1, -0.05) is 19.9 Å². The lowest BCUT2D eigenvalue weighted by Crippen LogP contribution is -2.22. The van der Waals surface area contributed by atoms with Gasteiger partial charge in [0.1, 0.15) is 11.7 Å². The first kappa shape index (κ1) is 24.4. The molecule has 9 heteroatoms. The van der Waals surface area contributed by atoms with Crippen LogP contribution >= 0.6 is 0 Å². The van der Waals surface area contributed by atoms with Crippen LogP contribution in [0.4, 0.5) is 10.2 Å². The van der Waals surface area contributed by atoms with Crippen LogP contribution in [0.2, 0.25) is 0 Å². The zero-order valence-electron chi connectivity index (χ0n) is 19.1. The van der Waals surface area contributed by atoms with Gasteiger partial charge in [0.05, 0.1) is 5.69 Å². The highest BCUT2D eigenvalue weighted by Crippen LogP contribution is 2.25. The first-order valence-electron chi connectivity index (χ1n) is 10.3. The van der Waals surface area contributed by atoms with Gasteiger partial charge in [0.25, 0.3) is 0 Å². The number of halogens is 1. The minimum atomic E-state index is -0.420. The summed E-state index contributed by atoms with van der Waals surface area (Å²) in [5.74, 6) is 1.34. The van der Waals surface area contributed by atoms with Crippen molar-refractivity contribution < 1.29 is 9.13 Å². The lowest BCUT2D eigenvalue weighted by Gasteiger charge is -2.14. The molecular formula is C23H30FN7O. The fourth-order valence-corrected chi connectivity index (χ4v) is 2.71. The summed E-state index contributed by atoms with van der Waals surface area (Å²) in [6, 6.07) is 6.85. The number of amidine groups is 1. The predicted octanol–water partition coefficient (Wildman–Crippen LogP) is 5.04. The van der Waals surface area contributed by atoms with Gasteiger partial charge in [0.15, 0.2) is 24.1 Å². The minimum Gasteiger partial charge on any atom is -0.468 e. The Kier molecular flexibility index (Phi) is 9.22. The number of fused-ring (bicyclic) bond motifs is 1. The molecule has 0 aliphatic heterocycles. The van der Waals surface area contributed by atoms with E-state index in [4.69, 9.17) is 4.74 Å². The summed E-state index contributed by atoms with van der Waals surface area (Å²) in [5, 5.41) is 10.6. The molecule has 3 N–H and O–H groups in total. The normalized spacial score (nSPS) is 11.9. The lowest BCUT2D eigenvalue weighted by molar-refractivity contribution is 0.313. The van der Waals surface area contributed by atoms with Gasteiger partial charge in [-0.25, -0.2) is 14.4 Å². The Morgan fingerprint density at radius 3 is 2.78 bits per heavy atom. The van der Waals surface area contributed by atoms with Crippen molar-refractivity contribution in [2.24, 2.45) is 9.98 Å². The zero-order valence-corrected chi connectivity index (χ0v) is 19.1. The molecule has 0 saturated carbocycles. The van der Waals surface area contributed by atoms with Gasteiger partial charge < -0.3 is 19.9 Å². The number of likely N-dealkylation sites (N-methyl/N-ethyl adjacent to an activating group) is 1. The van der Waals surface area contributed by atoms with Crippen molar-refractivity contribution in [2.75, 3.05) is 26.1 Å². The third-order valence-corrected chi connectivity index (χ3v) is 4.17. The number of nitrogens with zero attached hydrogens (tertiary/aromatic N) is 4. The smallest absolute Gasteiger partial charge is 0.181 e. The lowest BCUT2D eigenvalue weighted by atomic mass is 10.2. The number of anilines is 1. The fraction of sp³-hybridized carbons (Fsp3) is 0.261. The summed E-state index contributed by atoms with van der Waals surface area (Å²) in [7, 11) is 3.67. The Balaban J connectivity index is 0.00000176. The number of allylic oxidation sites excluding steroid dienone is 1. The van der Waals surface area contributed by atoms with E-state index in [1.165, 1.54) is 0 Å². The van der Waals surface area contributed by atoms with Crippen molar-refractivity contribution in [3.63, 3.8) is 0 Å². The molecule has 0 atom stereocenters. The number of ether oxygens (including phenoxy) is 1. The zero-order chi connectivity index (χ0) is 23.5. The minimum absolute atomic E-state index is 0.0604. The van der Waals surface area contributed by atoms with Gasteiger partial charge in [-0.2, -0.15) is 5.10 Å². The molecule has 0 amide bonds. The molecule has 2 aromatic heterocycles. The summed E-state index contributed by atoms with van der Waals surface area (Å²) >= 11 is 0. The molecule has 0 aliphatic rings. The van der Waals surface area contributed by atoms with Crippen molar-refractivity contribution in [3.8, 4) is 5.75 Å². The van der Waals surface area contributed by atoms with Crippen LogP contribution in [-0.2, 0) is 0 Å². The van der Waals surface area contributed by atoms with Gasteiger partial charge in [-0.05, 0) is 37.9 Å². The van der Waals surface area contributed by atoms with E-state index in [-0.39, 0.29) is 12.5 Å². The van der Waals surface area contributed by atoms with E-state index in [1.807, 2.05) is 53.1 Å². The van der Waals surface area contributed by atoms with Crippen molar-refractivity contribution in [2.45, 2.75) is 20.8 Å². The van der Waals surface area contributed by atoms with E-state index in [0.717, 1.165) is 5.69 Å². The van der Waals surface area contributed by atoms with Gasteiger partial charge >= 0.3 is 0 Å². The molecule has 3 rings (SSSR count). The number of benzene rings is 1. The third kappa shape index (κ3) is 6.31. The quantitative estimate of drug-likeness (QED) is 0.339. The van der Waals surface area contributed by atoms with E-state index in [2.05, 4.69) is 37.2 Å². The topological polar surface area (TPSA) is 93.7 Å². The highest BCUT2D eigenvalue weighted by molar-refractivity contribution is 5.93. The first-order valence-corrected chi connectivity index (χ1v) is 10.3. The van der Waals surface area contributed by atoms with Gasteiger partial charge in [-0.3, -0.25) is 5.10 Å². The molecule has 8 nitrogen and oxygen atoms in total. The van der Waals surface area contributed by atoms with Crippen LogP contribution in [0, 0.1) is 5.82 Å². The molecule has 3 aromatic rings. The molecule has 1 aromatic carbocycles. The number of hydrogen-bond donors (Lipinski definition) is 3. The average molecular weight is 440 g/mol. The van der Waals surface area contributed by atoms with Crippen LogP contribution < -0.4 is 10.1 Å². The molecule has 0 spiro atoms. The van der Waals surface area contributed by atoms with E-state index >= 15 is 0 Å². The van der Waals surface area contributed by atoms with E-state index in [9.17, 15) is 4.39 Å². The molecule has 0 radical (unpaired) electrons. The number of aliphatic imine (C=N–C) groups is 2. The number of rotatable bonds is 8. The van der Waals surface area contributed by atoms with Crippen LogP contribution in [0.25, 0.3) is 17.0 Å².